The quantitative estimate of drug-likeness (QED) is 0.671. The molecule has 0 amide bonds. The topological polar surface area (TPSA) is 61.5 Å². The van der Waals surface area contributed by atoms with Crippen LogP contribution in [0.5, 0.6) is 0 Å². The smallest absolute Gasteiger partial charge is 0.271 e. The predicted octanol–water partition coefficient (Wildman–Crippen LogP) is 2.34. The third-order valence-electron chi connectivity index (χ3n) is 6.03. The monoisotopic (exact) mass is 415 g/mol. The number of aryl methyl sites for hydroxylation is 1. The molecule has 7 heteroatoms. The van der Waals surface area contributed by atoms with Gasteiger partial charge < -0.3 is 9.64 Å². The van der Waals surface area contributed by atoms with Gasteiger partial charge in [-0.05, 0) is 33.8 Å². The Morgan fingerprint density at radius 2 is 2.00 bits per heavy atom. The minimum absolute atomic E-state index is 0.0796. The van der Waals surface area contributed by atoms with Crippen molar-refractivity contribution in [3.8, 4) is 0 Å². The van der Waals surface area contributed by atoms with E-state index in [1.807, 2.05) is 4.57 Å². The van der Waals surface area contributed by atoms with E-state index in [1.54, 1.807) is 0 Å². The number of nitrogens with one attached hydrogen (secondary N) is 1. The van der Waals surface area contributed by atoms with Crippen LogP contribution in [0.4, 0.5) is 0 Å². The molecule has 0 atom stereocenters. The van der Waals surface area contributed by atoms with Crippen molar-refractivity contribution in [1.82, 2.24) is 14.5 Å². The number of nitrogens with zero attached hydrogens (tertiary/aromatic N) is 3. The van der Waals surface area contributed by atoms with Gasteiger partial charge in [-0.3, -0.25) is 9.36 Å². The summed E-state index contributed by atoms with van der Waals surface area (Å²) >= 11 is 1.49. The van der Waals surface area contributed by atoms with Crippen LogP contribution in [0.3, 0.4) is 0 Å². The molecule has 6 nitrogen and oxygen atoms in total. The van der Waals surface area contributed by atoms with Gasteiger partial charge in [0.1, 0.15) is 15.4 Å². The number of hydrogen-bond acceptors (Lipinski definition) is 5. The molecule has 0 spiro atoms. The molecule has 0 unspecified atom stereocenters. The van der Waals surface area contributed by atoms with Crippen LogP contribution >= 0.6 is 11.3 Å². The Balaban J connectivity index is 1.83. The van der Waals surface area contributed by atoms with Gasteiger partial charge in [-0.2, -0.15) is 0 Å². The number of ether oxygens (including phenoxy) is 1. The lowest BCUT2D eigenvalue weighted by Gasteiger charge is -2.30. The fourth-order valence-electron chi connectivity index (χ4n) is 4.15. The summed E-state index contributed by atoms with van der Waals surface area (Å²) in [5.41, 5.74) is 2.89. The van der Waals surface area contributed by atoms with Crippen LogP contribution in [-0.2, 0) is 30.7 Å². The summed E-state index contributed by atoms with van der Waals surface area (Å²) in [5.74, 6) is 0.865. The Kier molecular flexibility index (Phi) is 5.48. The molecule has 156 valence electrons. The molecule has 1 N–H and O–H groups in total. The zero-order chi connectivity index (χ0) is 20.8. The molecule has 0 radical (unpaired) electrons. The fourth-order valence-corrected chi connectivity index (χ4v) is 5.22. The van der Waals surface area contributed by atoms with Gasteiger partial charge in [0.15, 0.2) is 0 Å². The van der Waals surface area contributed by atoms with E-state index in [9.17, 15) is 4.79 Å². The highest BCUT2D eigenvalue weighted by molar-refractivity contribution is 7.25. The molecular formula is C22H31N4O2S+. The van der Waals surface area contributed by atoms with Crippen LogP contribution in [0.1, 0.15) is 51.7 Å². The number of pyridine rings is 1. The van der Waals surface area contributed by atoms with Crippen LogP contribution in [0, 0.1) is 0 Å². The molecular weight excluding hydrogens is 384 g/mol. The largest absolute Gasteiger partial charge is 0.370 e. The standard InChI is InChI=1S/C22H30N4O2S/c1-6-17-24-18-15-11-14-13-28-22(4,5)12-16(14)23-20(15)29-19(18)21(27)26(17)10-9-25(7-2)8-3/h11H,6-10,12-13H2,1-5H3/p+1. The molecule has 0 bridgehead atoms. The lowest BCUT2D eigenvalue weighted by molar-refractivity contribution is -0.897. The van der Waals surface area contributed by atoms with E-state index in [0.717, 1.165) is 70.0 Å². The van der Waals surface area contributed by atoms with Gasteiger partial charge in [-0.1, -0.05) is 6.92 Å². The highest BCUT2D eigenvalue weighted by Crippen LogP contribution is 2.34. The Hall–Kier alpha value is -1.83. The van der Waals surface area contributed by atoms with E-state index >= 15 is 0 Å². The number of rotatable bonds is 6. The van der Waals surface area contributed by atoms with Crippen molar-refractivity contribution in [2.24, 2.45) is 0 Å². The van der Waals surface area contributed by atoms with Gasteiger partial charge in [0.2, 0.25) is 0 Å². The first-order chi connectivity index (χ1) is 13.9. The Bertz CT molecular complexity index is 1110. The predicted molar refractivity (Wildman–Crippen MR) is 118 cm³/mol. The zero-order valence-electron chi connectivity index (χ0n) is 18.1. The van der Waals surface area contributed by atoms with E-state index < -0.39 is 0 Å². The summed E-state index contributed by atoms with van der Waals surface area (Å²) in [4.78, 5) is 25.6. The molecule has 1 aliphatic heterocycles. The van der Waals surface area contributed by atoms with Crippen molar-refractivity contribution < 1.29 is 9.64 Å². The number of quaternary nitrogens is 1. The van der Waals surface area contributed by atoms with Crippen molar-refractivity contribution in [1.29, 1.82) is 0 Å². The fraction of sp³-hybridized carbons (Fsp3) is 0.591. The molecule has 1 aliphatic rings. The number of likely N-dealkylation sites (N-methyl/N-ethyl adjacent to an activating group) is 1. The maximum Gasteiger partial charge on any atom is 0.271 e. The second-order valence-electron chi connectivity index (χ2n) is 8.50. The van der Waals surface area contributed by atoms with Crippen molar-refractivity contribution in [3.05, 3.63) is 33.5 Å². The lowest BCUT2D eigenvalue weighted by Crippen LogP contribution is -3.11. The normalized spacial score (nSPS) is 16.1. The first kappa shape index (κ1) is 20.4. The van der Waals surface area contributed by atoms with E-state index in [0.29, 0.717) is 13.2 Å². The van der Waals surface area contributed by atoms with Gasteiger partial charge in [-0.15, -0.1) is 11.3 Å². The van der Waals surface area contributed by atoms with Gasteiger partial charge in [-0.25, -0.2) is 9.97 Å². The average Bonchev–Trinajstić information content (AvgIpc) is 3.05. The van der Waals surface area contributed by atoms with Gasteiger partial charge >= 0.3 is 0 Å². The van der Waals surface area contributed by atoms with E-state index in [2.05, 4.69) is 40.7 Å². The summed E-state index contributed by atoms with van der Waals surface area (Å²) in [5, 5.41) is 0.986. The molecule has 0 fully saturated rings. The van der Waals surface area contributed by atoms with Crippen LogP contribution in [0.25, 0.3) is 20.4 Å². The molecule has 3 aromatic rings. The van der Waals surface area contributed by atoms with Crippen molar-refractivity contribution in [2.75, 3.05) is 19.6 Å². The Labute approximate surface area is 175 Å². The minimum atomic E-state index is -0.197. The second-order valence-corrected chi connectivity index (χ2v) is 9.50. The van der Waals surface area contributed by atoms with E-state index in [1.165, 1.54) is 16.2 Å². The summed E-state index contributed by atoms with van der Waals surface area (Å²) in [6.07, 6.45) is 1.53. The summed E-state index contributed by atoms with van der Waals surface area (Å²) in [6.45, 7) is 15.0. The van der Waals surface area contributed by atoms with Crippen LogP contribution in [-0.4, -0.2) is 39.8 Å². The molecule has 29 heavy (non-hydrogen) atoms. The van der Waals surface area contributed by atoms with Crippen molar-refractivity contribution in [3.63, 3.8) is 0 Å². The third-order valence-corrected chi connectivity index (χ3v) is 7.11. The molecule has 0 saturated carbocycles. The first-order valence-corrected chi connectivity index (χ1v) is 11.5. The maximum atomic E-state index is 13.4. The lowest BCUT2D eigenvalue weighted by atomic mass is 9.95. The minimum Gasteiger partial charge on any atom is -0.370 e. The van der Waals surface area contributed by atoms with Crippen molar-refractivity contribution in [2.45, 2.75) is 66.2 Å². The number of aromatic nitrogens is 3. The van der Waals surface area contributed by atoms with Gasteiger partial charge in [0.25, 0.3) is 5.56 Å². The summed E-state index contributed by atoms with van der Waals surface area (Å²) in [7, 11) is 0. The molecule has 0 saturated heterocycles. The van der Waals surface area contributed by atoms with Crippen LogP contribution < -0.4 is 10.5 Å². The molecule has 4 rings (SSSR count). The second kappa shape index (κ2) is 7.78. The first-order valence-electron chi connectivity index (χ1n) is 10.7. The Morgan fingerprint density at radius 1 is 1.24 bits per heavy atom. The number of thiophene rings is 1. The highest BCUT2D eigenvalue weighted by atomic mass is 32.1. The zero-order valence-corrected chi connectivity index (χ0v) is 18.9. The summed E-state index contributed by atoms with van der Waals surface area (Å²) in [6, 6.07) is 2.14. The van der Waals surface area contributed by atoms with Crippen molar-refractivity contribution >= 4 is 31.8 Å². The molecule has 0 aromatic carbocycles. The van der Waals surface area contributed by atoms with Gasteiger partial charge in [0, 0.05) is 23.8 Å². The summed E-state index contributed by atoms with van der Waals surface area (Å²) < 4.78 is 8.58. The van der Waals surface area contributed by atoms with E-state index in [4.69, 9.17) is 14.7 Å². The SMILES string of the molecule is CCc1nc2c(sc3nc4c(cc32)COC(C)(C)C4)c(=O)n1CC[NH+](CC)CC. The van der Waals surface area contributed by atoms with Crippen LogP contribution in [0.15, 0.2) is 10.9 Å². The van der Waals surface area contributed by atoms with E-state index in [-0.39, 0.29) is 11.2 Å². The third kappa shape index (κ3) is 3.71. The Morgan fingerprint density at radius 3 is 2.69 bits per heavy atom. The maximum absolute atomic E-state index is 13.4. The number of hydrogen-bond donors (Lipinski definition) is 1. The highest BCUT2D eigenvalue weighted by Gasteiger charge is 2.28. The molecule has 4 heterocycles. The van der Waals surface area contributed by atoms with Gasteiger partial charge in [0.05, 0.1) is 49.6 Å². The average molecular weight is 416 g/mol. The number of fused-ring (bicyclic) bond motifs is 4. The molecule has 3 aromatic heterocycles. The van der Waals surface area contributed by atoms with Crippen LogP contribution in [0.2, 0.25) is 0 Å². The molecule has 0 aliphatic carbocycles.